The standard InChI is InChI=1S/C16H24ClN3O4S/c1-19(2)16(21)13-7-12(17)8-14(15(13)24-3)25(22,23)20-6-4-5-11(9-18)10-20/h7-8,11H,4-6,9-10,18H2,1-3H3. The van der Waals surface area contributed by atoms with Crippen molar-refractivity contribution in [3.63, 3.8) is 0 Å². The molecule has 1 amide bonds. The van der Waals surface area contributed by atoms with Crippen LogP contribution in [0.2, 0.25) is 5.02 Å². The number of methoxy groups -OCH3 is 1. The summed E-state index contributed by atoms with van der Waals surface area (Å²) in [5.41, 5.74) is 5.82. The zero-order valence-corrected chi connectivity index (χ0v) is 16.2. The third-order valence-electron chi connectivity index (χ3n) is 4.29. The molecule has 140 valence electrons. The van der Waals surface area contributed by atoms with E-state index in [0.29, 0.717) is 19.6 Å². The number of sulfonamides is 1. The molecule has 1 atom stereocenters. The van der Waals surface area contributed by atoms with Gasteiger partial charge in [-0.3, -0.25) is 4.79 Å². The third kappa shape index (κ3) is 4.08. The van der Waals surface area contributed by atoms with Gasteiger partial charge in [-0.25, -0.2) is 8.42 Å². The number of nitrogens with zero attached hydrogens (tertiary/aromatic N) is 2. The van der Waals surface area contributed by atoms with Crippen LogP contribution < -0.4 is 10.5 Å². The monoisotopic (exact) mass is 389 g/mol. The molecular formula is C16H24ClN3O4S. The molecule has 7 nitrogen and oxygen atoms in total. The number of rotatable bonds is 5. The number of halogens is 1. The van der Waals surface area contributed by atoms with Gasteiger partial charge in [0, 0.05) is 32.2 Å². The lowest BCUT2D eigenvalue weighted by Gasteiger charge is -2.31. The van der Waals surface area contributed by atoms with Crippen molar-refractivity contribution >= 4 is 27.5 Å². The fourth-order valence-electron chi connectivity index (χ4n) is 2.95. The van der Waals surface area contributed by atoms with Crippen molar-refractivity contribution < 1.29 is 17.9 Å². The van der Waals surface area contributed by atoms with E-state index in [-0.39, 0.29) is 33.1 Å². The number of amides is 1. The van der Waals surface area contributed by atoms with Gasteiger partial charge in [-0.05, 0) is 37.4 Å². The van der Waals surface area contributed by atoms with E-state index < -0.39 is 10.0 Å². The van der Waals surface area contributed by atoms with E-state index >= 15 is 0 Å². The molecule has 1 aromatic carbocycles. The number of nitrogens with two attached hydrogens (primary N) is 1. The van der Waals surface area contributed by atoms with Gasteiger partial charge in [0.25, 0.3) is 5.91 Å². The van der Waals surface area contributed by atoms with E-state index in [4.69, 9.17) is 22.1 Å². The Kier molecular flexibility index (Phi) is 6.31. The average Bonchev–Trinajstić information content (AvgIpc) is 2.60. The van der Waals surface area contributed by atoms with Crippen molar-refractivity contribution in [2.75, 3.05) is 40.8 Å². The summed E-state index contributed by atoms with van der Waals surface area (Å²) in [4.78, 5) is 13.6. The summed E-state index contributed by atoms with van der Waals surface area (Å²) in [6.07, 6.45) is 1.65. The lowest BCUT2D eigenvalue weighted by Crippen LogP contribution is -2.42. The minimum atomic E-state index is -3.85. The molecule has 9 heteroatoms. The first-order valence-corrected chi connectivity index (χ1v) is 9.83. The Morgan fingerprint density at radius 1 is 1.44 bits per heavy atom. The fourth-order valence-corrected chi connectivity index (χ4v) is 4.99. The van der Waals surface area contributed by atoms with Crippen molar-refractivity contribution in [3.8, 4) is 5.75 Å². The van der Waals surface area contributed by atoms with Crippen LogP contribution in [0.25, 0.3) is 0 Å². The number of carbonyl (C=O) groups is 1. The molecule has 0 radical (unpaired) electrons. The minimum absolute atomic E-state index is 0.0120. The summed E-state index contributed by atoms with van der Waals surface area (Å²) in [5, 5.41) is 0.164. The van der Waals surface area contributed by atoms with Crippen LogP contribution in [0.4, 0.5) is 0 Å². The molecule has 0 spiro atoms. The zero-order chi connectivity index (χ0) is 18.8. The summed E-state index contributed by atoms with van der Waals surface area (Å²) in [7, 11) is 0.640. The summed E-state index contributed by atoms with van der Waals surface area (Å²) in [5.74, 6) is -0.246. The molecule has 25 heavy (non-hydrogen) atoms. The van der Waals surface area contributed by atoms with Crippen molar-refractivity contribution in [2.24, 2.45) is 11.7 Å². The average molecular weight is 390 g/mol. The van der Waals surface area contributed by atoms with E-state index in [9.17, 15) is 13.2 Å². The second-order valence-corrected chi connectivity index (χ2v) is 8.63. The van der Waals surface area contributed by atoms with Crippen LogP contribution >= 0.6 is 11.6 Å². The van der Waals surface area contributed by atoms with Crippen molar-refractivity contribution in [3.05, 3.63) is 22.7 Å². The molecule has 2 N–H and O–H groups in total. The molecule has 1 aliphatic rings. The van der Waals surface area contributed by atoms with Gasteiger partial charge in [-0.2, -0.15) is 4.31 Å². The molecule has 0 aliphatic carbocycles. The first-order chi connectivity index (χ1) is 11.7. The van der Waals surface area contributed by atoms with Crippen LogP contribution in [-0.4, -0.2) is 64.4 Å². The quantitative estimate of drug-likeness (QED) is 0.821. The molecule has 1 saturated heterocycles. The molecule has 0 saturated carbocycles. The maximum atomic E-state index is 13.1. The van der Waals surface area contributed by atoms with E-state index in [1.54, 1.807) is 14.1 Å². The van der Waals surface area contributed by atoms with Gasteiger partial charge in [0.2, 0.25) is 10.0 Å². The Balaban J connectivity index is 2.55. The smallest absolute Gasteiger partial charge is 0.257 e. The number of ether oxygens (including phenoxy) is 1. The first kappa shape index (κ1) is 20.0. The fraction of sp³-hybridized carbons (Fsp3) is 0.562. The topological polar surface area (TPSA) is 92.9 Å². The summed E-state index contributed by atoms with van der Waals surface area (Å²) >= 11 is 6.10. The predicted molar refractivity (Wildman–Crippen MR) is 96.6 cm³/mol. The number of piperidine rings is 1. The Morgan fingerprint density at radius 2 is 2.12 bits per heavy atom. The zero-order valence-electron chi connectivity index (χ0n) is 14.7. The molecule has 0 bridgehead atoms. The van der Waals surface area contributed by atoms with Gasteiger partial charge in [0.15, 0.2) is 5.75 Å². The molecule has 0 aromatic heterocycles. The van der Waals surface area contributed by atoms with Crippen LogP contribution in [0.3, 0.4) is 0 Å². The lowest BCUT2D eigenvalue weighted by molar-refractivity contribution is 0.0823. The molecule has 1 heterocycles. The van der Waals surface area contributed by atoms with Gasteiger partial charge in [0.1, 0.15) is 4.90 Å². The van der Waals surface area contributed by atoms with Crippen LogP contribution in [0, 0.1) is 5.92 Å². The van der Waals surface area contributed by atoms with Crippen LogP contribution in [-0.2, 0) is 10.0 Å². The Bertz CT molecular complexity index is 752. The molecule has 1 unspecified atom stereocenters. The van der Waals surface area contributed by atoms with Gasteiger partial charge in [0.05, 0.1) is 12.7 Å². The molecule has 1 aliphatic heterocycles. The van der Waals surface area contributed by atoms with Crippen LogP contribution in [0.15, 0.2) is 17.0 Å². The molecular weight excluding hydrogens is 366 g/mol. The van der Waals surface area contributed by atoms with Gasteiger partial charge >= 0.3 is 0 Å². The number of benzene rings is 1. The Hall–Kier alpha value is -1.35. The van der Waals surface area contributed by atoms with Crippen molar-refractivity contribution in [2.45, 2.75) is 17.7 Å². The number of hydrogen-bond donors (Lipinski definition) is 1. The first-order valence-electron chi connectivity index (χ1n) is 8.01. The third-order valence-corrected chi connectivity index (χ3v) is 6.38. The predicted octanol–water partition coefficient (Wildman–Crippen LogP) is 1.41. The minimum Gasteiger partial charge on any atom is -0.494 e. The maximum Gasteiger partial charge on any atom is 0.257 e. The van der Waals surface area contributed by atoms with Gasteiger partial charge < -0.3 is 15.4 Å². The highest BCUT2D eigenvalue weighted by Gasteiger charge is 2.34. The normalized spacial score (nSPS) is 18.8. The highest BCUT2D eigenvalue weighted by molar-refractivity contribution is 7.89. The highest BCUT2D eigenvalue weighted by atomic mass is 35.5. The Labute approximate surface area is 153 Å². The van der Waals surface area contributed by atoms with Crippen LogP contribution in [0.1, 0.15) is 23.2 Å². The molecule has 2 rings (SSSR count). The van der Waals surface area contributed by atoms with Crippen molar-refractivity contribution in [1.29, 1.82) is 0 Å². The maximum absolute atomic E-state index is 13.1. The second-order valence-electron chi connectivity index (χ2n) is 6.29. The molecule has 1 fully saturated rings. The number of carbonyl (C=O) groups excluding carboxylic acids is 1. The summed E-state index contributed by atoms with van der Waals surface area (Å²) in [6.45, 7) is 1.19. The van der Waals surface area contributed by atoms with E-state index in [0.717, 1.165) is 12.8 Å². The summed E-state index contributed by atoms with van der Waals surface area (Å²) in [6, 6.07) is 2.74. The summed E-state index contributed by atoms with van der Waals surface area (Å²) < 4.78 is 33.0. The van der Waals surface area contributed by atoms with E-state index in [1.165, 1.54) is 28.4 Å². The highest BCUT2D eigenvalue weighted by Crippen LogP contribution is 2.35. The Morgan fingerprint density at radius 3 is 2.68 bits per heavy atom. The van der Waals surface area contributed by atoms with Crippen molar-refractivity contribution in [1.82, 2.24) is 9.21 Å². The second kappa shape index (κ2) is 7.90. The van der Waals surface area contributed by atoms with Gasteiger partial charge in [-0.15, -0.1) is 0 Å². The lowest BCUT2D eigenvalue weighted by atomic mass is 10.0. The molecule has 1 aromatic rings. The SMILES string of the molecule is COc1c(C(=O)N(C)C)cc(Cl)cc1S(=O)(=O)N1CCCC(CN)C1. The van der Waals surface area contributed by atoms with Gasteiger partial charge in [-0.1, -0.05) is 11.6 Å². The van der Waals surface area contributed by atoms with E-state index in [1.807, 2.05) is 0 Å². The number of hydrogen-bond acceptors (Lipinski definition) is 5. The van der Waals surface area contributed by atoms with Crippen LogP contribution in [0.5, 0.6) is 5.75 Å². The largest absolute Gasteiger partial charge is 0.494 e. The van der Waals surface area contributed by atoms with E-state index in [2.05, 4.69) is 0 Å².